The zero-order chi connectivity index (χ0) is 18.1. The van der Waals surface area contributed by atoms with Crippen LogP contribution in [0.3, 0.4) is 0 Å². The Kier molecular flexibility index (Phi) is 7.63. The van der Waals surface area contributed by atoms with Gasteiger partial charge < -0.3 is 5.32 Å². The van der Waals surface area contributed by atoms with Crippen molar-refractivity contribution in [3.8, 4) is 0 Å². The molecule has 1 aromatic carbocycles. The van der Waals surface area contributed by atoms with E-state index in [-0.39, 0.29) is 5.91 Å². The molecule has 6 nitrogen and oxygen atoms in total. The molecule has 0 saturated carbocycles. The molecule has 1 aliphatic heterocycles. The van der Waals surface area contributed by atoms with E-state index in [1.54, 1.807) is 0 Å². The summed E-state index contributed by atoms with van der Waals surface area (Å²) in [5, 5.41) is 4.69. The first-order valence-corrected chi connectivity index (χ1v) is 8.75. The Morgan fingerprint density at radius 3 is 2.80 bits per heavy atom. The van der Waals surface area contributed by atoms with E-state index in [2.05, 4.69) is 51.3 Å². The van der Waals surface area contributed by atoms with Crippen molar-refractivity contribution in [3.05, 3.63) is 48.6 Å². The van der Waals surface area contributed by atoms with Crippen LogP contribution in [0.1, 0.15) is 18.4 Å². The number of urea groups is 1. The number of hydrogen-bond acceptors (Lipinski definition) is 4. The average Bonchev–Trinajstić information content (AvgIpc) is 3.07. The molecule has 1 aromatic rings. The smallest absolute Gasteiger partial charge is 0.321 e. The fraction of sp³-hybridized carbons (Fsp3) is 0.474. The molecular formula is C19H28N4O2. The van der Waals surface area contributed by atoms with Crippen LogP contribution in [0.2, 0.25) is 0 Å². The molecule has 0 aromatic heterocycles. The van der Waals surface area contributed by atoms with Crippen LogP contribution in [0.15, 0.2) is 43.0 Å². The summed E-state index contributed by atoms with van der Waals surface area (Å²) in [4.78, 5) is 27.7. The van der Waals surface area contributed by atoms with Gasteiger partial charge in [0.1, 0.15) is 0 Å². The Labute approximate surface area is 149 Å². The summed E-state index contributed by atoms with van der Waals surface area (Å²) < 4.78 is 0. The number of likely N-dealkylation sites (tertiary alicyclic amines) is 1. The SMILES string of the molecule is C=CCN(CCC(=O)NC(=O)NC)C1CCN(Cc2ccccc2)C1. The van der Waals surface area contributed by atoms with E-state index in [4.69, 9.17) is 0 Å². The number of carbonyl (C=O) groups is 2. The molecule has 1 atom stereocenters. The molecule has 0 radical (unpaired) electrons. The molecule has 1 fully saturated rings. The van der Waals surface area contributed by atoms with Crippen LogP contribution in [-0.2, 0) is 11.3 Å². The molecule has 2 N–H and O–H groups in total. The van der Waals surface area contributed by atoms with Gasteiger partial charge in [-0.25, -0.2) is 4.79 Å². The van der Waals surface area contributed by atoms with Gasteiger partial charge in [0.05, 0.1) is 0 Å². The van der Waals surface area contributed by atoms with Crippen LogP contribution < -0.4 is 10.6 Å². The largest absolute Gasteiger partial charge is 0.341 e. The Morgan fingerprint density at radius 1 is 1.36 bits per heavy atom. The molecule has 0 spiro atoms. The number of carbonyl (C=O) groups excluding carboxylic acids is 2. The fourth-order valence-electron chi connectivity index (χ4n) is 3.18. The van der Waals surface area contributed by atoms with Crippen molar-refractivity contribution in [2.45, 2.75) is 25.4 Å². The molecule has 0 bridgehead atoms. The highest BCUT2D eigenvalue weighted by molar-refractivity contribution is 5.94. The van der Waals surface area contributed by atoms with Crippen molar-refractivity contribution in [3.63, 3.8) is 0 Å². The third-order valence-corrected chi connectivity index (χ3v) is 4.48. The lowest BCUT2D eigenvalue weighted by Gasteiger charge is -2.27. The number of imide groups is 1. The van der Waals surface area contributed by atoms with Gasteiger partial charge in [0.15, 0.2) is 0 Å². The lowest BCUT2D eigenvalue weighted by molar-refractivity contribution is -0.120. The number of hydrogen-bond donors (Lipinski definition) is 2. The molecule has 6 heteroatoms. The van der Waals surface area contributed by atoms with Crippen LogP contribution in [-0.4, -0.2) is 61.0 Å². The zero-order valence-electron chi connectivity index (χ0n) is 14.9. The summed E-state index contributed by atoms with van der Waals surface area (Å²) in [6.45, 7) is 8.19. The standard InChI is InChI=1S/C19H28N4O2/c1-3-11-23(13-10-18(24)21-19(25)20-2)17-9-12-22(15-17)14-16-7-5-4-6-8-16/h3-8,17H,1,9-15H2,2H3,(H2,20,21,24,25). The maximum atomic E-state index is 11.8. The molecule has 1 saturated heterocycles. The van der Waals surface area contributed by atoms with E-state index in [1.165, 1.54) is 12.6 Å². The number of amides is 3. The second kappa shape index (κ2) is 9.96. The molecule has 1 heterocycles. The van der Waals surface area contributed by atoms with E-state index in [1.807, 2.05) is 12.1 Å². The summed E-state index contributed by atoms with van der Waals surface area (Å²) in [7, 11) is 1.49. The monoisotopic (exact) mass is 344 g/mol. The van der Waals surface area contributed by atoms with Gasteiger partial charge in [-0.1, -0.05) is 36.4 Å². The lowest BCUT2D eigenvalue weighted by Crippen LogP contribution is -2.42. The van der Waals surface area contributed by atoms with Crippen molar-refractivity contribution >= 4 is 11.9 Å². The summed E-state index contributed by atoms with van der Waals surface area (Å²) in [6.07, 6.45) is 3.25. The van der Waals surface area contributed by atoms with Crippen LogP contribution in [0.25, 0.3) is 0 Å². The van der Waals surface area contributed by atoms with Crippen LogP contribution >= 0.6 is 0 Å². The molecule has 3 amide bonds. The lowest BCUT2D eigenvalue weighted by atomic mass is 10.2. The Balaban J connectivity index is 1.82. The fourth-order valence-corrected chi connectivity index (χ4v) is 3.18. The maximum absolute atomic E-state index is 11.8. The van der Waals surface area contributed by atoms with Crippen molar-refractivity contribution in [1.29, 1.82) is 0 Å². The quantitative estimate of drug-likeness (QED) is 0.703. The van der Waals surface area contributed by atoms with E-state index in [0.717, 1.165) is 32.6 Å². The van der Waals surface area contributed by atoms with Crippen molar-refractivity contribution in [2.75, 3.05) is 33.2 Å². The van der Waals surface area contributed by atoms with Crippen LogP contribution in [0.4, 0.5) is 4.79 Å². The van der Waals surface area contributed by atoms with Crippen molar-refractivity contribution < 1.29 is 9.59 Å². The highest BCUT2D eigenvalue weighted by atomic mass is 16.2. The second-order valence-electron chi connectivity index (χ2n) is 6.32. The maximum Gasteiger partial charge on any atom is 0.321 e. The van der Waals surface area contributed by atoms with Gasteiger partial charge in [0, 0.05) is 52.2 Å². The summed E-state index contributed by atoms with van der Waals surface area (Å²) in [6, 6.07) is 10.4. The Hall–Kier alpha value is -2.18. The first kappa shape index (κ1) is 19.1. The second-order valence-corrected chi connectivity index (χ2v) is 6.32. The molecule has 2 rings (SSSR count). The van der Waals surface area contributed by atoms with Gasteiger partial charge in [-0.3, -0.25) is 19.9 Å². The van der Waals surface area contributed by atoms with Gasteiger partial charge >= 0.3 is 6.03 Å². The van der Waals surface area contributed by atoms with Gasteiger partial charge in [0.2, 0.25) is 5.91 Å². The van der Waals surface area contributed by atoms with E-state index >= 15 is 0 Å². The molecule has 0 aliphatic carbocycles. The van der Waals surface area contributed by atoms with Gasteiger partial charge in [0.25, 0.3) is 0 Å². The molecule has 136 valence electrons. The first-order valence-electron chi connectivity index (χ1n) is 8.75. The number of nitrogens with one attached hydrogen (secondary N) is 2. The van der Waals surface area contributed by atoms with Crippen molar-refractivity contribution in [1.82, 2.24) is 20.4 Å². The van der Waals surface area contributed by atoms with E-state index in [0.29, 0.717) is 19.0 Å². The van der Waals surface area contributed by atoms with Crippen molar-refractivity contribution in [2.24, 2.45) is 0 Å². The number of benzene rings is 1. The Morgan fingerprint density at radius 2 is 2.12 bits per heavy atom. The summed E-state index contributed by atoms with van der Waals surface area (Å²) in [5.41, 5.74) is 1.32. The van der Waals surface area contributed by atoms with E-state index in [9.17, 15) is 9.59 Å². The molecule has 25 heavy (non-hydrogen) atoms. The van der Waals surface area contributed by atoms with E-state index < -0.39 is 6.03 Å². The predicted molar refractivity (Wildman–Crippen MR) is 99.1 cm³/mol. The minimum atomic E-state index is -0.463. The summed E-state index contributed by atoms with van der Waals surface area (Å²) in [5.74, 6) is -0.257. The molecular weight excluding hydrogens is 316 g/mol. The molecule has 1 unspecified atom stereocenters. The third kappa shape index (κ3) is 6.32. The number of rotatable bonds is 8. The topological polar surface area (TPSA) is 64.7 Å². The Bertz CT molecular complexity index is 576. The van der Waals surface area contributed by atoms with Gasteiger partial charge in [-0.15, -0.1) is 6.58 Å². The van der Waals surface area contributed by atoms with Gasteiger partial charge in [-0.2, -0.15) is 0 Å². The first-order chi connectivity index (χ1) is 12.1. The minimum absolute atomic E-state index is 0.257. The van der Waals surface area contributed by atoms with Crippen LogP contribution in [0, 0.1) is 0 Å². The zero-order valence-corrected chi connectivity index (χ0v) is 14.9. The predicted octanol–water partition coefficient (Wildman–Crippen LogP) is 1.59. The van der Waals surface area contributed by atoms with Gasteiger partial charge in [-0.05, 0) is 12.0 Å². The number of nitrogens with zero attached hydrogens (tertiary/aromatic N) is 2. The highest BCUT2D eigenvalue weighted by Crippen LogP contribution is 2.18. The summed E-state index contributed by atoms with van der Waals surface area (Å²) >= 11 is 0. The molecule has 1 aliphatic rings. The normalized spacial score (nSPS) is 17.4. The third-order valence-electron chi connectivity index (χ3n) is 4.48. The minimum Gasteiger partial charge on any atom is -0.341 e. The van der Waals surface area contributed by atoms with Crippen LogP contribution in [0.5, 0.6) is 0 Å². The average molecular weight is 344 g/mol. The highest BCUT2D eigenvalue weighted by Gasteiger charge is 2.27.